The second kappa shape index (κ2) is 5.17. The second-order valence-corrected chi connectivity index (χ2v) is 4.95. The zero-order chi connectivity index (χ0) is 14.2. The van der Waals surface area contributed by atoms with E-state index in [1.54, 1.807) is 0 Å². The summed E-state index contributed by atoms with van der Waals surface area (Å²) in [6.07, 6.45) is 0. The molecule has 0 bridgehead atoms. The Kier molecular flexibility index (Phi) is 3.75. The third-order valence-electron chi connectivity index (χ3n) is 2.93. The number of aromatic nitrogens is 3. The van der Waals surface area contributed by atoms with Gasteiger partial charge in [-0.2, -0.15) is 0 Å². The Morgan fingerprint density at radius 1 is 1.16 bits per heavy atom. The molecule has 0 fully saturated rings. The highest BCUT2D eigenvalue weighted by Gasteiger charge is 2.13. The number of halogens is 1. The average molecular weight is 321 g/mol. The Hall–Kier alpha value is -1.62. The van der Waals surface area contributed by atoms with Gasteiger partial charge in [-0.05, 0) is 41.9 Å². The lowest BCUT2D eigenvalue weighted by atomic mass is 10.1. The van der Waals surface area contributed by atoms with Gasteiger partial charge in [-0.3, -0.25) is 4.40 Å². The van der Waals surface area contributed by atoms with Gasteiger partial charge in [-0.15, -0.1) is 10.2 Å². The van der Waals surface area contributed by atoms with Gasteiger partial charge in [0.1, 0.15) is 5.82 Å². The maximum atomic E-state index is 6.08. The summed E-state index contributed by atoms with van der Waals surface area (Å²) in [5, 5.41) is 9.27. The Morgan fingerprint density at radius 3 is 2.53 bits per heavy atom. The van der Waals surface area contributed by atoms with E-state index in [0.717, 1.165) is 21.2 Å². The van der Waals surface area contributed by atoms with Crippen molar-refractivity contribution in [1.82, 2.24) is 14.6 Å². The molecule has 3 rings (SSSR count). The molecule has 5 heteroatoms. The fourth-order valence-corrected chi connectivity index (χ4v) is 2.58. The first-order chi connectivity index (χ1) is 9.09. The number of nitrogens with two attached hydrogens (primary N) is 1. The van der Waals surface area contributed by atoms with Gasteiger partial charge in [0.2, 0.25) is 0 Å². The number of pyridine rings is 1. The van der Waals surface area contributed by atoms with Crippen molar-refractivity contribution in [2.45, 2.75) is 27.7 Å². The van der Waals surface area contributed by atoms with Crippen LogP contribution in [-0.2, 0) is 0 Å². The number of nitrogens with zero attached hydrogens (tertiary/aromatic N) is 3. The summed E-state index contributed by atoms with van der Waals surface area (Å²) >= 11 is 3.54. The van der Waals surface area contributed by atoms with Gasteiger partial charge >= 0.3 is 0 Å². The first kappa shape index (κ1) is 13.8. The van der Waals surface area contributed by atoms with Crippen molar-refractivity contribution >= 4 is 38.2 Å². The third kappa shape index (κ3) is 2.08. The molecule has 1 aromatic carbocycles. The van der Waals surface area contributed by atoms with Crippen LogP contribution in [0.4, 0.5) is 5.69 Å². The lowest BCUT2D eigenvalue weighted by Crippen LogP contribution is -1.98. The highest BCUT2D eigenvalue weighted by atomic mass is 79.9. The number of nitrogen functional groups attached to an aromatic ring is 1. The largest absolute Gasteiger partial charge is 0.395 e. The molecule has 3 aromatic rings. The van der Waals surface area contributed by atoms with Gasteiger partial charge in [0.05, 0.1) is 15.7 Å². The standard InChI is InChI=1S/C12H11BrN4.C2H6/c1-6-3-4-9-8(5-6)10(13)11(14)12-16-15-7(2)17(9)12;1-2/h3-5H,14H2,1-2H3;1-2H3. The Balaban J connectivity index is 0.000000637. The maximum absolute atomic E-state index is 6.08. The Morgan fingerprint density at radius 2 is 1.84 bits per heavy atom. The normalized spacial score (nSPS) is 10.6. The van der Waals surface area contributed by atoms with Crippen LogP contribution in [0.15, 0.2) is 22.7 Å². The topological polar surface area (TPSA) is 56.2 Å². The van der Waals surface area contributed by atoms with Crippen LogP contribution in [-0.4, -0.2) is 14.6 Å². The Bertz CT molecular complexity index is 746. The van der Waals surface area contributed by atoms with Crippen LogP contribution in [0.1, 0.15) is 25.2 Å². The number of hydrogen-bond donors (Lipinski definition) is 1. The van der Waals surface area contributed by atoms with Crippen LogP contribution in [0.3, 0.4) is 0 Å². The SMILES string of the molecule is CC.Cc1ccc2c(c1)c(Br)c(N)c1nnc(C)n12. The molecule has 0 saturated heterocycles. The number of anilines is 1. The van der Waals surface area contributed by atoms with E-state index in [4.69, 9.17) is 5.73 Å². The van der Waals surface area contributed by atoms with E-state index >= 15 is 0 Å². The quantitative estimate of drug-likeness (QED) is 0.684. The lowest BCUT2D eigenvalue weighted by Gasteiger charge is -2.09. The fourth-order valence-electron chi connectivity index (χ4n) is 2.09. The van der Waals surface area contributed by atoms with E-state index in [9.17, 15) is 0 Å². The first-order valence-electron chi connectivity index (χ1n) is 6.28. The summed E-state index contributed by atoms with van der Waals surface area (Å²) in [6, 6.07) is 6.25. The molecule has 2 aromatic heterocycles. The van der Waals surface area contributed by atoms with Crippen molar-refractivity contribution in [1.29, 1.82) is 0 Å². The highest BCUT2D eigenvalue weighted by Crippen LogP contribution is 2.33. The van der Waals surface area contributed by atoms with Crippen LogP contribution in [0.25, 0.3) is 16.6 Å². The van der Waals surface area contributed by atoms with Crippen molar-refractivity contribution in [2.24, 2.45) is 0 Å². The molecule has 0 saturated carbocycles. The number of rotatable bonds is 0. The van der Waals surface area contributed by atoms with Gasteiger partial charge in [-0.25, -0.2) is 0 Å². The van der Waals surface area contributed by atoms with Crippen molar-refractivity contribution in [3.05, 3.63) is 34.1 Å². The molecule has 0 amide bonds. The number of fused-ring (bicyclic) bond motifs is 3. The minimum Gasteiger partial charge on any atom is -0.395 e. The maximum Gasteiger partial charge on any atom is 0.185 e. The van der Waals surface area contributed by atoms with Crippen molar-refractivity contribution in [3.63, 3.8) is 0 Å². The predicted molar refractivity (Wildman–Crippen MR) is 83.4 cm³/mol. The van der Waals surface area contributed by atoms with Gasteiger partial charge in [0.25, 0.3) is 0 Å². The summed E-state index contributed by atoms with van der Waals surface area (Å²) in [4.78, 5) is 0. The molecule has 4 nitrogen and oxygen atoms in total. The summed E-state index contributed by atoms with van der Waals surface area (Å²) in [5.74, 6) is 0.841. The fraction of sp³-hybridized carbons (Fsp3) is 0.286. The molecule has 2 heterocycles. The summed E-state index contributed by atoms with van der Waals surface area (Å²) in [6.45, 7) is 7.98. The van der Waals surface area contributed by atoms with E-state index in [2.05, 4.69) is 51.3 Å². The molecular formula is C14H17BrN4. The minimum atomic E-state index is 0.628. The molecular weight excluding hydrogens is 304 g/mol. The van der Waals surface area contributed by atoms with Crippen molar-refractivity contribution < 1.29 is 0 Å². The molecule has 19 heavy (non-hydrogen) atoms. The minimum absolute atomic E-state index is 0.628. The van der Waals surface area contributed by atoms with E-state index < -0.39 is 0 Å². The zero-order valence-corrected chi connectivity index (χ0v) is 13.1. The van der Waals surface area contributed by atoms with Crippen molar-refractivity contribution in [3.8, 4) is 0 Å². The summed E-state index contributed by atoms with van der Waals surface area (Å²) in [5.41, 5.74) is 9.67. The van der Waals surface area contributed by atoms with Crippen LogP contribution < -0.4 is 5.73 Å². The molecule has 2 N–H and O–H groups in total. The van der Waals surface area contributed by atoms with E-state index in [1.807, 2.05) is 25.2 Å². The smallest absolute Gasteiger partial charge is 0.185 e. The highest BCUT2D eigenvalue weighted by molar-refractivity contribution is 9.10. The molecule has 0 aliphatic carbocycles. The molecule has 100 valence electrons. The van der Waals surface area contributed by atoms with Crippen LogP contribution in [0.2, 0.25) is 0 Å². The van der Waals surface area contributed by atoms with Crippen LogP contribution >= 0.6 is 15.9 Å². The number of aryl methyl sites for hydroxylation is 2. The van der Waals surface area contributed by atoms with E-state index in [1.165, 1.54) is 5.56 Å². The zero-order valence-electron chi connectivity index (χ0n) is 11.5. The molecule has 0 radical (unpaired) electrons. The van der Waals surface area contributed by atoms with E-state index in [0.29, 0.717) is 11.3 Å². The summed E-state index contributed by atoms with van der Waals surface area (Å²) in [7, 11) is 0. The third-order valence-corrected chi connectivity index (χ3v) is 3.79. The average Bonchev–Trinajstić information content (AvgIpc) is 2.81. The van der Waals surface area contributed by atoms with Crippen LogP contribution in [0.5, 0.6) is 0 Å². The number of hydrogen-bond acceptors (Lipinski definition) is 3. The molecule has 0 unspecified atom stereocenters. The molecule has 0 aliphatic rings. The second-order valence-electron chi connectivity index (χ2n) is 4.15. The van der Waals surface area contributed by atoms with Gasteiger partial charge < -0.3 is 5.73 Å². The van der Waals surface area contributed by atoms with Crippen molar-refractivity contribution in [2.75, 3.05) is 5.73 Å². The Labute approximate surface area is 120 Å². The van der Waals surface area contributed by atoms with Gasteiger partial charge in [0.15, 0.2) is 5.65 Å². The summed E-state index contributed by atoms with van der Waals surface area (Å²) < 4.78 is 2.87. The van der Waals surface area contributed by atoms with Crippen LogP contribution in [0, 0.1) is 13.8 Å². The lowest BCUT2D eigenvalue weighted by molar-refractivity contribution is 1.02. The van der Waals surface area contributed by atoms with Gasteiger partial charge in [0, 0.05) is 5.39 Å². The predicted octanol–water partition coefficient (Wildman–Crippen LogP) is 3.87. The molecule has 0 spiro atoms. The molecule has 0 atom stereocenters. The first-order valence-corrected chi connectivity index (χ1v) is 7.08. The monoisotopic (exact) mass is 320 g/mol. The molecule has 0 aliphatic heterocycles. The van der Waals surface area contributed by atoms with Gasteiger partial charge in [-0.1, -0.05) is 25.5 Å². The number of benzene rings is 1. The van der Waals surface area contributed by atoms with E-state index in [-0.39, 0.29) is 0 Å².